The van der Waals surface area contributed by atoms with E-state index in [4.69, 9.17) is 11.6 Å². The molecule has 0 heterocycles. The third kappa shape index (κ3) is 6.17. The minimum absolute atomic E-state index is 0.102. The smallest absolute Gasteiger partial charge is 0.279 e. The Balaban J connectivity index is 1.51. The van der Waals surface area contributed by atoms with E-state index in [1.807, 2.05) is 61.6 Å². The lowest BCUT2D eigenvalue weighted by Crippen LogP contribution is -3.08. The van der Waals surface area contributed by atoms with Crippen LogP contribution < -0.4 is 15.5 Å². The number of carbonyl (C=O) groups is 2. The first-order valence-electron chi connectivity index (χ1n) is 9.32. The maximum Gasteiger partial charge on any atom is 0.279 e. The maximum absolute atomic E-state index is 12.3. The molecule has 3 rings (SSSR count). The minimum Gasteiger partial charge on any atom is -0.326 e. The fraction of sp³-hybridized carbons (Fsp3) is 0.130. The number of carbonyl (C=O) groups excluding carboxylic acids is 2. The van der Waals surface area contributed by atoms with Crippen molar-refractivity contribution < 1.29 is 14.5 Å². The van der Waals surface area contributed by atoms with E-state index in [1.54, 1.807) is 24.3 Å². The SMILES string of the molecule is C[NH+](CC(=O)Nc1ccccc1Cl)Cc1ccc(C(=O)Nc2ccccc2)cc1. The van der Waals surface area contributed by atoms with Crippen molar-refractivity contribution in [2.45, 2.75) is 6.54 Å². The second-order valence-corrected chi connectivity index (χ2v) is 7.26. The number of quaternary nitrogens is 1. The van der Waals surface area contributed by atoms with Gasteiger partial charge < -0.3 is 15.5 Å². The Labute approximate surface area is 175 Å². The minimum atomic E-state index is -0.150. The van der Waals surface area contributed by atoms with E-state index in [-0.39, 0.29) is 11.8 Å². The summed E-state index contributed by atoms with van der Waals surface area (Å²) in [5.74, 6) is -0.253. The first kappa shape index (κ1) is 20.6. The molecule has 0 aliphatic rings. The van der Waals surface area contributed by atoms with Gasteiger partial charge in [-0.2, -0.15) is 0 Å². The number of halogens is 1. The Bertz CT molecular complexity index is 975. The fourth-order valence-corrected chi connectivity index (χ4v) is 3.12. The van der Waals surface area contributed by atoms with Gasteiger partial charge in [0.25, 0.3) is 11.8 Å². The first-order valence-corrected chi connectivity index (χ1v) is 9.70. The molecule has 1 atom stereocenters. The van der Waals surface area contributed by atoms with Crippen LogP contribution in [0.15, 0.2) is 78.9 Å². The normalized spacial score (nSPS) is 11.5. The van der Waals surface area contributed by atoms with Crippen LogP contribution >= 0.6 is 11.6 Å². The van der Waals surface area contributed by atoms with E-state index in [0.717, 1.165) is 16.2 Å². The van der Waals surface area contributed by atoms with Crippen molar-refractivity contribution >= 4 is 34.8 Å². The predicted octanol–water partition coefficient (Wildman–Crippen LogP) is 3.25. The topological polar surface area (TPSA) is 62.6 Å². The molecule has 0 saturated heterocycles. The fourth-order valence-electron chi connectivity index (χ4n) is 2.94. The zero-order valence-electron chi connectivity index (χ0n) is 16.1. The van der Waals surface area contributed by atoms with Crippen LogP contribution in [-0.4, -0.2) is 25.4 Å². The number of likely N-dealkylation sites (N-methyl/N-ethyl adjacent to an activating group) is 1. The number of para-hydroxylation sites is 2. The molecule has 29 heavy (non-hydrogen) atoms. The molecule has 0 bridgehead atoms. The van der Waals surface area contributed by atoms with Crippen molar-refractivity contribution in [3.05, 3.63) is 95.0 Å². The van der Waals surface area contributed by atoms with E-state index in [0.29, 0.717) is 29.4 Å². The van der Waals surface area contributed by atoms with Crippen LogP contribution in [0.2, 0.25) is 5.02 Å². The van der Waals surface area contributed by atoms with Crippen LogP contribution in [0, 0.1) is 0 Å². The number of rotatable bonds is 7. The summed E-state index contributed by atoms with van der Waals surface area (Å²) < 4.78 is 0. The number of nitrogens with one attached hydrogen (secondary N) is 3. The largest absolute Gasteiger partial charge is 0.326 e. The van der Waals surface area contributed by atoms with Gasteiger partial charge in [0.05, 0.1) is 17.8 Å². The Morgan fingerprint density at radius 3 is 2.21 bits per heavy atom. The maximum atomic E-state index is 12.3. The molecule has 6 heteroatoms. The van der Waals surface area contributed by atoms with Gasteiger partial charge >= 0.3 is 0 Å². The molecule has 1 unspecified atom stereocenters. The Kier molecular flexibility index (Phi) is 7.00. The van der Waals surface area contributed by atoms with Gasteiger partial charge in [-0.05, 0) is 36.4 Å². The van der Waals surface area contributed by atoms with Gasteiger partial charge in [-0.25, -0.2) is 0 Å². The van der Waals surface area contributed by atoms with Gasteiger partial charge in [0.2, 0.25) is 0 Å². The number of benzene rings is 3. The Morgan fingerprint density at radius 1 is 0.862 bits per heavy atom. The lowest BCUT2D eigenvalue weighted by molar-refractivity contribution is -0.885. The Hall–Kier alpha value is -3.15. The molecule has 3 N–H and O–H groups in total. The molecule has 0 aromatic heterocycles. The summed E-state index contributed by atoms with van der Waals surface area (Å²) in [5, 5.41) is 6.21. The molecule has 148 valence electrons. The van der Waals surface area contributed by atoms with E-state index in [1.165, 1.54) is 0 Å². The van der Waals surface area contributed by atoms with Crippen LogP contribution in [0.1, 0.15) is 15.9 Å². The molecule has 3 aromatic carbocycles. The Morgan fingerprint density at radius 2 is 1.52 bits per heavy atom. The summed E-state index contributed by atoms with van der Waals surface area (Å²) >= 11 is 6.07. The lowest BCUT2D eigenvalue weighted by Gasteiger charge is -2.14. The van der Waals surface area contributed by atoms with Crippen molar-refractivity contribution in [2.75, 3.05) is 24.2 Å². The average molecular weight is 409 g/mol. The van der Waals surface area contributed by atoms with E-state index >= 15 is 0 Å². The lowest BCUT2D eigenvalue weighted by atomic mass is 10.1. The second kappa shape index (κ2) is 9.87. The van der Waals surface area contributed by atoms with Crippen LogP contribution in [0.5, 0.6) is 0 Å². The molecule has 0 fully saturated rings. The predicted molar refractivity (Wildman–Crippen MR) is 116 cm³/mol. The number of amides is 2. The van der Waals surface area contributed by atoms with Gasteiger partial charge in [-0.15, -0.1) is 0 Å². The zero-order chi connectivity index (χ0) is 20.6. The second-order valence-electron chi connectivity index (χ2n) is 6.86. The third-order valence-electron chi connectivity index (χ3n) is 4.36. The average Bonchev–Trinajstić information content (AvgIpc) is 2.71. The summed E-state index contributed by atoms with van der Waals surface area (Å²) in [5.41, 5.74) is 3.01. The molecule has 0 saturated carbocycles. The molecule has 3 aromatic rings. The summed E-state index contributed by atoms with van der Waals surface area (Å²) in [6, 6.07) is 23.9. The van der Waals surface area contributed by atoms with E-state index in [2.05, 4.69) is 10.6 Å². The quantitative estimate of drug-likeness (QED) is 0.562. The van der Waals surface area contributed by atoms with Gasteiger partial charge in [-0.1, -0.05) is 54.1 Å². The summed E-state index contributed by atoms with van der Waals surface area (Å²) in [6.45, 7) is 0.970. The molecule has 0 aliphatic carbocycles. The molecular weight excluding hydrogens is 386 g/mol. The van der Waals surface area contributed by atoms with Crippen LogP contribution in [0.25, 0.3) is 0 Å². The molecule has 0 radical (unpaired) electrons. The monoisotopic (exact) mass is 408 g/mol. The van der Waals surface area contributed by atoms with Gasteiger partial charge in [0, 0.05) is 16.8 Å². The van der Waals surface area contributed by atoms with Crippen LogP contribution in [-0.2, 0) is 11.3 Å². The van der Waals surface area contributed by atoms with Crippen molar-refractivity contribution in [1.29, 1.82) is 0 Å². The summed E-state index contributed by atoms with van der Waals surface area (Å²) in [7, 11) is 1.95. The van der Waals surface area contributed by atoms with Gasteiger partial charge in [0.1, 0.15) is 6.54 Å². The highest BCUT2D eigenvalue weighted by Gasteiger charge is 2.13. The highest BCUT2D eigenvalue weighted by molar-refractivity contribution is 6.33. The van der Waals surface area contributed by atoms with Crippen molar-refractivity contribution in [2.24, 2.45) is 0 Å². The zero-order valence-corrected chi connectivity index (χ0v) is 16.9. The van der Waals surface area contributed by atoms with Crippen LogP contribution in [0.3, 0.4) is 0 Å². The summed E-state index contributed by atoms with van der Waals surface area (Å²) in [4.78, 5) is 25.6. The molecule has 0 spiro atoms. The highest BCUT2D eigenvalue weighted by atomic mass is 35.5. The third-order valence-corrected chi connectivity index (χ3v) is 4.69. The van der Waals surface area contributed by atoms with E-state index in [9.17, 15) is 9.59 Å². The molecule has 2 amide bonds. The number of hydrogen-bond acceptors (Lipinski definition) is 2. The molecular formula is C23H23ClN3O2+. The first-order chi connectivity index (χ1) is 14.0. The highest BCUT2D eigenvalue weighted by Crippen LogP contribution is 2.19. The number of anilines is 2. The van der Waals surface area contributed by atoms with Gasteiger partial charge in [-0.3, -0.25) is 9.59 Å². The standard InChI is InChI=1S/C23H22ClN3O2/c1-27(16-22(28)26-21-10-6-5-9-20(21)24)15-17-11-13-18(14-12-17)23(29)25-19-7-3-2-4-8-19/h2-14H,15-16H2,1H3,(H,25,29)(H,26,28)/p+1. The van der Waals surface area contributed by atoms with Crippen molar-refractivity contribution in [3.63, 3.8) is 0 Å². The number of hydrogen-bond donors (Lipinski definition) is 3. The van der Waals surface area contributed by atoms with E-state index < -0.39 is 0 Å². The molecule has 5 nitrogen and oxygen atoms in total. The van der Waals surface area contributed by atoms with Gasteiger partial charge in [0.15, 0.2) is 6.54 Å². The van der Waals surface area contributed by atoms with Crippen LogP contribution in [0.4, 0.5) is 11.4 Å². The summed E-state index contributed by atoms with van der Waals surface area (Å²) in [6.07, 6.45) is 0. The molecule has 0 aliphatic heterocycles. The van der Waals surface area contributed by atoms with Crippen molar-refractivity contribution in [1.82, 2.24) is 0 Å². The van der Waals surface area contributed by atoms with Crippen molar-refractivity contribution in [3.8, 4) is 0 Å².